The standard InChI is InChI=1S/C16H20N4O5/c1-17-16(22)13-12-8(5-11(21)18-15(12)20-19-13)7-3-9(23-2)14-10(4-7)24-6-25-14/h3-4,8,12-13,15,19-20H,5-6H2,1-2H3,(H,17,22)(H,18,21). The second-order valence-corrected chi connectivity index (χ2v) is 6.27. The Bertz CT molecular complexity index is 725. The van der Waals surface area contributed by atoms with Gasteiger partial charge in [-0.1, -0.05) is 0 Å². The smallest absolute Gasteiger partial charge is 0.238 e. The zero-order chi connectivity index (χ0) is 17.6. The van der Waals surface area contributed by atoms with Crippen LogP contribution < -0.4 is 35.7 Å². The molecular formula is C16H20N4O5. The number of hydrogen-bond donors (Lipinski definition) is 4. The van der Waals surface area contributed by atoms with Crippen LogP contribution in [0.2, 0.25) is 0 Å². The van der Waals surface area contributed by atoms with Gasteiger partial charge in [0.25, 0.3) is 0 Å². The summed E-state index contributed by atoms with van der Waals surface area (Å²) in [5.74, 6) is 1.18. The van der Waals surface area contributed by atoms with Crippen molar-refractivity contribution in [3.63, 3.8) is 0 Å². The molecule has 2 fully saturated rings. The highest BCUT2D eigenvalue weighted by atomic mass is 16.7. The van der Waals surface area contributed by atoms with Crippen LogP contribution in [0.5, 0.6) is 17.2 Å². The topological polar surface area (TPSA) is 110 Å². The number of fused-ring (bicyclic) bond motifs is 2. The van der Waals surface area contributed by atoms with Crippen LogP contribution in [-0.4, -0.2) is 45.0 Å². The number of hydrazine groups is 1. The predicted octanol–water partition coefficient (Wildman–Crippen LogP) is -0.808. The number of rotatable bonds is 3. The van der Waals surface area contributed by atoms with E-state index in [1.54, 1.807) is 14.2 Å². The highest BCUT2D eigenvalue weighted by Gasteiger charge is 2.49. The Hall–Kier alpha value is -2.52. The quantitative estimate of drug-likeness (QED) is 0.566. The summed E-state index contributed by atoms with van der Waals surface area (Å²) >= 11 is 0. The van der Waals surface area contributed by atoms with Crippen molar-refractivity contribution in [2.75, 3.05) is 21.0 Å². The minimum Gasteiger partial charge on any atom is -0.493 e. The first-order valence-corrected chi connectivity index (χ1v) is 8.12. The van der Waals surface area contributed by atoms with Gasteiger partial charge in [0.05, 0.1) is 13.3 Å². The van der Waals surface area contributed by atoms with Gasteiger partial charge in [-0.05, 0) is 17.7 Å². The molecule has 4 rings (SSSR count). The third-order valence-corrected chi connectivity index (χ3v) is 4.99. The summed E-state index contributed by atoms with van der Waals surface area (Å²) in [5, 5.41) is 5.55. The van der Waals surface area contributed by atoms with Gasteiger partial charge in [-0.3, -0.25) is 9.59 Å². The molecule has 4 atom stereocenters. The van der Waals surface area contributed by atoms with E-state index in [1.165, 1.54) is 0 Å². The zero-order valence-corrected chi connectivity index (χ0v) is 13.9. The first-order chi connectivity index (χ1) is 12.1. The molecule has 3 heterocycles. The zero-order valence-electron chi connectivity index (χ0n) is 13.9. The molecule has 9 nitrogen and oxygen atoms in total. The number of hydrogen-bond acceptors (Lipinski definition) is 7. The van der Waals surface area contributed by atoms with Gasteiger partial charge < -0.3 is 24.8 Å². The number of carbonyl (C=O) groups excluding carboxylic acids is 2. The largest absolute Gasteiger partial charge is 0.493 e. The maximum atomic E-state index is 12.2. The molecule has 4 N–H and O–H groups in total. The number of ether oxygens (including phenoxy) is 3. The van der Waals surface area contributed by atoms with Crippen molar-refractivity contribution in [1.82, 2.24) is 21.5 Å². The van der Waals surface area contributed by atoms with Crippen molar-refractivity contribution >= 4 is 11.8 Å². The summed E-state index contributed by atoms with van der Waals surface area (Å²) in [4.78, 5) is 24.4. The molecule has 1 aromatic carbocycles. The van der Waals surface area contributed by atoms with E-state index in [2.05, 4.69) is 21.5 Å². The van der Waals surface area contributed by atoms with Gasteiger partial charge in [0, 0.05) is 25.3 Å². The number of nitrogens with one attached hydrogen (secondary N) is 4. The normalized spacial score (nSPS) is 29.8. The Labute approximate surface area is 144 Å². The third-order valence-electron chi connectivity index (χ3n) is 4.99. The summed E-state index contributed by atoms with van der Waals surface area (Å²) in [6.07, 6.45) is -0.0501. The maximum absolute atomic E-state index is 12.2. The lowest BCUT2D eigenvalue weighted by molar-refractivity contribution is -0.128. The Kier molecular flexibility index (Phi) is 3.89. The predicted molar refractivity (Wildman–Crippen MR) is 86.0 cm³/mol. The van der Waals surface area contributed by atoms with Gasteiger partial charge in [0.1, 0.15) is 6.04 Å². The van der Waals surface area contributed by atoms with Gasteiger partial charge in [0.2, 0.25) is 24.4 Å². The van der Waals surface area contributed by atoms with E-state index < -0.39 is 6.04 Å². The monoisotopic (exact) mass is 348 g/mol. The molecule has 1 aromatic rings. The number of carbonyl (C=O) groups is 2. The molecule has 9 heteroatoms. The average Bonchev–Trinajstić information content (AvgIpc) is 3.25. The average molecular weight is 348 g/mol. The molecule has 0 radical (unpaired) electrons. The van der Waals surface area contributed by atoms with Gasteiger partial charge in [-0.15, -0.1) is 0 Å². The van der Waals surface area contributed by atoms with Gasteiger partial charge in [-0.25, -0.2) is 10.9 Å². The van der Waals surface area contributed by atoms with Gasteiger partial charge in [0.15, 0.2) is 11.5 Å². The van der Waals surface area contributed by atoms with E-state index in [0.29, 0.717) is 17.2 Å². The molecular weight excluding hydrogens is 328 g/mol. The van der Waals surface area contributed by atoms with Crippen molar-refractivity contribution in [3.05, 3.63) is 17.7 Å². The van der Waals surface area contributed by atoms with Gasteiger partial charge >= 0.3 is 0 Å². The molecule has 3 aliphatic rings. The van der Waals surface area contributed by atoms with Crippen LogP contribution in [0.4, 0.5) is 0 Å². The summed E-state index contributed by atoms with van der Waals surface area (Å²) < 4.78 is 16.3. The molecule has 2 amide bonds. The van der Waals surface area contributed by atoms with Crippen molar-refractivity contribution in [3.8, 4) is 17.2 Å². The van der Waals surface area contributed by atoms with E-state index in [-0.39, 0.29) is 43.0 Å². The molecule has 0 bridgehead atoms. The van der Waals surface area contributed by atoms with Crippen LogP contribution in [0.3, 0.4) is 0 Å². The van der Waals surface area contributed by atoms with Crippen molar-refractivity contribution in [2.24, 2.45) is 5.92 Å². The van der Waals surface area contributed by atoms with Crippen LogP contribution in [0, 0.1) is 5.92 Å². The van der Waals surface area contributed by atoms with Crippen LogP contribution in [-0.2, 0) is 9.59 Å². The number of benzene rings is 1. The molecule has 25 heavy (non-hydrogen) atoms. The van der Waals surface area contributed by atoms with Crippen molar-refractivity contribution < 1.29 is 23.8 Å². The number of piperidine rings is 1. The van der Waals surface area contributed by atoms with Crippen LogP contribution in [0.25, 0.3) is 0 Å². The second-order valence-electron chi connectivity index (χ2n) is 6.27. The number of amides is 2. The van der Waals surface area contributed by atoms with E-state index in [9.17, 15) is 9.59 Å². The fourth-order valence-corrected chi connectivity index (χ4v) is 3.83. The van der Waals surface area contributed by atoms with Crippen molar-refractivity contribution in [2.45, 2.75) is 24.5 Å². The molecule has 0 aliphatic carbocycles. The fraction of sp³-hybridized carbons (Fsp3) is 0.500. The maximum Gasteiger partial charge on any atom is 0.238 e. The van der Waals surface area contributed by atoms with Gasteiger partial charge in [-0.2, -0.15) is 0 Å². The van der Waals surface area contributed by atoms with Crippen LogP contribution >= 0.6 is 0 Å². The first-order valence-electron chi connectivity index (χ1n) is 8.12. The van der Waals surface area contributed by atoms with Crippen LogP contribution in [0.15, 0.2) is 12.1 Å². The lowest BCUT2D eigenvalue weighted by Gasteiger charge is -2.35. The number of likely N-dealkylation sites (N-methyl/N-ethyl adjacent to an activating group) is 1. The highest BCUT2D eigenvalue weighted by Crippen LogP contribution is 2.46. The first kappa shape index (κ1) is 16.0. The second kappa shape index (κ2) is 6.08. The molecule has 3 aliphatic heterocycles. The Morgan fingerprint density at radius 3 is 2.92 bits per heavy atom. The summed E-state index contributed by atoms with van der Waals surface area (Å²) in [7, 11) is 3.15. The lowest BCUT2D eigenvalue weighted by atomic mass is 9.75. The SMILES string of the molecule is CNC(=O)C1NNC2NC(=O)CC(c3cc(OC)c4c(c3)OCO4)C21. The minimum atomic E-state index is -0.461. The molecule has 0 spiro atoms. The molecule has 0 aromatic heterocycles. The van der Waals surface area contributed by atoms with E-state index in [1.807, 2.05) is 12.1 Å². The number of methoxy groups -OCH3 is 1. The minimum absolute atomic E-state index is 0.0743. The molecule has 4 unspecified atom stereocenters. The van der Waals surface area contributed by atoms with E-state index in [4.69, 9.17) is 14.2 Å². The van der Waals surface area contributed by atoms with E-state index >= 15 is 0 Å². The highest BCUT2D eigenvalue weighted by molar-refractivity contribution is 5.84. The Morgan fingerprint density at radius 2 is 2.16 bits per heavy atom. The summed E-state index contributed by atoms with van der Waals surface area (Å²) in [6, 6.07) is 3.26. The Balaban J connectivity index is 1.74. The summed E-state index contributed by atoms with van der Waals surface area (Å²) in [6.45, 7) is 0.135. The molecule has 134 valence electrons. The third kappa shape index (κ3) is 2.56. The molecule has 0 saturated carbocycles. The Morgan fingerprint density at radius 1 is 1.32 bits per heavy atom. The van der Waals surface area contributed by atoms with E-state index in [0.717, 1.165) is 5.56 Å². The summed E-state index contributed by atoms with van der Waals surface area (Å²) in [5.41, 5.74) is 6.87. The van der Waals surface area contributed by atoms with Crippen LogP contribution in [0.1, 0.15) is 17.9 Å². The van der Waals surface area contributed by atoms with Crippen molar-refractivity contribution in [1.29, 1.82) is 0 Å². The fourth-order valence-electron chi connectivity index (χ4n) is 3.83. The molecule has 2 saturated heterocycles. The lowest BCUT2D eigenvalue weighted by Crippen LogP contribution is -2.53.